The molecule has 28 heavy (non-hydrogen) atoms. The van der Waals surface area contributed by atoms with Crippen LogP contribution in [-0.2, 0) is 15.6 Å². The topological polar surface area (TPSA) is 29.5 Å². The first kappa shape index (κ1) is 22.9. The van der Waals surface area contributed by atoms with Crippen molar-refractivity contribution >= 4 is 5.97 Å². The number of carbonyl (C=O) groups excluding carboxylic acids is 1. The lowest BCUT2D eigenvalue weighted by molar-refractivity contribution is 0.00809. The van der Waals surface area contributed by atoms with E-state index in [9.17, 15) is 4.79 Å². The minimum Gasteiger partial charge on any atom is -0.458 e. The lowest BCUT2D eigenvalue weighted by atomic mass is 9.79. The summed E-state index contributed by atoms with van der Waals surface area (Å²) in [6.45, 7) is 20.5. The van der Waals surface area contributed by atoms with E-state index in [1.165, 1.54) is 30.4 Å². The molecule has 2 rings (SSSR count). The molecule has 1 aromatic carbocycles. The van der Waals surface area contributed by atoms with Gasteiger partial charge in [0.1, 0.15) is 6.10 Å². The highest BCUT2D eigenvalue weighted by atomic mass is 16.5. The molecule has 0 radical (unpaired) electrons. The van der Waals surface area contributed by atoms with Crippen molar-refractivity contribution in [3.05, 3.63) is 34.9 Å². The molecule has 158 valence electrons. The molecule has 1 fully saturated rings. The van der Waals surface area contributed by atoms with Crippen molar-refractivity contribution in [2.75, 3.05) is 6.54 Å². The summed E-state index contributed by atoms with van der Waals surface area (Å²) in [5.41, 5.74) is 3.00. The summed E-state index contributed by atoms with van der Waals surface area (Å²) in [7, 11) is 0. The Bertz CT molecular complexity index is 639. The minimum absolute atomic E-state index is 0.0133. The Balaban J connectivity index is 2.18. The first-order valence-corrected chi connectivity index (χ1v) is 10.9. The molecule has 0 saturated carbocycles. The predicted molar refractivity (Wildman–Crippen MR) is 118 cm³/mol. The zero-order chi connectivity index (χ0) is 21.3. The van der Waals surface area contributed by atoms with Gasteiger partial charge < -0.3 is 4.74 Å². The van der Waals surface area contributed by atoms with Crippen LogP contribution in [0.5, 0.6) is 0 Å². The molecule has 3 heteroatoms. The maximum Gasteiger partial charge on any atom is 0.338 e. The summed E-state index contributed by atoms with van der Waals surface area (Å²) in [4.78, 5) is 15.5. The number of esters is 1. The molecule has 3 atom stereocenters. The number of benzene rings is 1. The van der Waals surface area contributed by atoms with Gasteiger partial charge in [0.15, 0.2) is 0 Å². The Labute approximate surface area is 172 Å². The third-order valence-electron chi connectivity index (χ3n) is 6.05. The van der Waals surface area contributed by atoms with E-state index in [4.69, 9.17) is 4.74 Å². The van der Waals surface area contributed by atoms with E-state index >= 15 is 0 Å². The van der Waals surface area contributed by atoms with Crippen LogP contribution in [0.3, 0.4) is 0 Å². The van der Waals surface area contributed by atoms with E-state index < -0.39 is 0 Å². The van der Waals surface area contributed by atoms with E-state index in [0.29, 0.717) is 17.6 Å². The van der Waals surface area contributed by atoms with Crippen LogP contribution in [0.1, 0.15) is 103 Å². The molecule has 3 nitrogen and oxygen atoms in total. The van der Waals surface area contributed by atoms with Crippen molar-refractivity contribution in [3.63, 3.8) is 0 Å². The maximum absolute atomic E-state index is 13.0. The summed E-state index contributed by atoms with van der Waals surface area (Å²) in [5.74, 6) is -0.207. The second-order valence-electron chi connectivity index (χ2n) is 10.8. The molecule has 0 spiro atoms. The first-order chi connectivity index (χ1) is 12.8. The third-order valence-corrected chi connectivity index (χ3v) is 6.05. The molecule has 0 aliphatic carbocycles. The van der Waals surface area contributed by atoms with Crippen LogP contribution in [0.25, 0.3) is 0 Å². The summed E-state index contributed by atoms with van der Waals surface area (Å²) < 4.78 is 5.89. The largest absolute Gasteiger partial charge is 0.458 e. The van der Waals surface area contributed by atoms with Crippen LogP contribution >= 0.6 is 0 Å². The van der Waals surface area contributed by atoms with Crippen molar-refractivity contribution < 1.29 is 9.53 Å². The van der Waals surface area contributed by atoms with Crippen LogP contribution in [-0.4, -0.2) is 35.6 Å². The lowest BCUT2D eigenvalue weighted by Gasteiger charge is -2.40. The second-order valence-corrected chi connectivity index (χ2v) is 10.8. The number of piperidine rings is 1. The van der Waals surface area contributed by atoms with Gasteiger partial charge in [-0.05, 0) is 67.7 Å². The highest BCUT2D eigenvalue weighted by Gasteiger charge is 2.28. The van der Waals surface area contributed by atoms with E-state index in [0.717, 1.165) is 6.54 Å². The van der Waals surface area contributed by atoms with Gasteiger partial charge in [-0.15, -0.1) is 0 Å². The third kappa shape index (κ3) is 5.83. The number of carbonyl (C=O) groups is 1. The standard InChI is InChI=1S/C25H41NO2/c1-17-11-10-12-18(2)26(17)16-19(3)28-23(27)20-13-21(24(4,5)6)15-22(14-20)25(7,8)9/h13-15,17-19H,10-12,16H2,1-9H3. The Morgan fingerprint density at radius 2 is 1.46 bits per heavy atom. The quantitative estimate of drug-likeness (QED) is 0.586. The Hall–Kier alpha value is -1.35. The van der Waals surface area contributed by atoms with Crippen LogP contribution in [0.15, 0.2) is 18.2 Å². The monoisotopic (exact) mass is 387 g/mol. The van der Waals surface area contributed by atoms with Crippen molar-refractivity contribution in [1.82, 2.24) is 4.90 Å². The molecule has 1 heterocycles. The first-order valence-electron chi connectivity index (χ1n) is 10.9. The predicted octanol–water partition coefficient (Wildman–Crippen LogP) is 6.09. The van der Waals surface area contributed by atoms with Gasteiger partial charge in [-0.3, -0.25) is 4.90 Å². The Kier molecular flexibility index (Phi) is 7.02. The van der Waals surface area contributed by atoms with E-state index in [1.807, 2.05) is 19.1 Å². The number of ether oxygens (including phenoxy) is 1. The minimum atomic E-state index is -0.207. The number of likely N-dealkylation sites (tertiary alicyclic amines) is 1. The van der Waals surface area contributed by atoms with Gasteiger partial charge in [-0.2, -0.15) is 0 Å². The van der Waals surface area contributed by atoms with Crippen molar-refractivity contribution in [2.45, 2.75) is 111 Å². The molecule has 1 aliphatic heterocycles. The van der Waals surface area contributed by atoms with Crippen LogP contribution in [0.4, 0.5) is 0 Å². The van der Waals surface area contributed by atoms with Gasteiger partial charge in [-0.1, -0.05) is 54.0 Å². The number of rotatable bonds is 4. The summed E-state index contributed by atoms with van der Waals surface area (Å²) >= 11 is 0. The van der Waals surface area contributed by atoms with Crippen molar-refractivity contribution in [2.24, 2.45) is 0 Å². The van der Waals surface area contributed by atoms with Gasteiger partial charge in [0.2, 0.25) is 0 Å². The molecular weight excluding hydrogens is 346 g/mol. The fourth-order valence-electron chi connectivity index (χ4n) is 4.03. The lowest BCUT2D eigenvalue weighted by Crippen LogP contribution is -2.47. The Morgan fingerprint density at radius 3 is 1.89 bits per heavy atom. The number of nitrogens with zero attached hydrogens (tertiary/aromatic N) is 1. The molecular formula is C25H41NO2. The van der Waals surface area contributed by atoms with Gasteiger partial charge in [0.05, 0.1) is 5.56 Å². The zero-order valence-electron chi connectivity index (χ0n) is 19.6. The summed E-state index contributed by atoms with van der Waals surface area (Å²) in [6, 6.07) is 7.37. The molecule has 0 amide bonds. The molecule has 0 N–H and O–H groups in total. The van der Waals surface area contributed by atoms with Crippen molar-refractivity contribution in [1.29, 1.82) is 0 Å². The van der Waals surface area contributed by atoms with Gasteiger partial charge in [-0.25, -0.2) is 4.79 Å². The maximum atomic E-state index is 13.0. The fourth-order valence-corrected chi connectivity index (χ4v) is 4.03. The molecule has 0 aromatic heterocycles. The molecule has 1 saturated heterocycles. The average Bonchev–Trinajstić information content (AvgIpc) is 2.56. The van der Waals surface area contributed by atoms with Gasteiger partial charge in [0.25, 0.3) is 0 Å². The number of hydrogen-bond acceptors (Lipinski definition) is 3. The molecule has 1 aliphatic rings. The average molecular weight is 388 g/mol. The van der Waals surface area contributed by atoms with E-state index in [2.05, 4.69) is 66.4 Å². The van der Waals surface area contributed by atoms with Crippen LogP contribution < -0.4 is 0 Å². The summed E-state index contributed by atoms with van der Waals surface area (Å²) in [6.07, 6.45) is 3.63. The molecule has 0 bridgehead atoms. The normalized spacial score (nSPS) is 22.8. The van der Waals surface area contributed by atoms with E-state index in [-0.39, 0.29) is 22.9 Å². The fraction of sp³-hybridized carbons (Fsp3) is 0.720. The SMILES string of the molecule is CC(CN1C(C)CCCC1C)OC(=O)c1cc(C(C)(C)C)cc(C(C)(C)C)c1. The molecule has 3 unspecified atom stereocenters. The van der Waals surface area contributed by atoms with E-state index in [1.54, 1.807) is 0 Å². The van der Waals surface area contributed by atoms with Crippen LogP contribution in [0, 0.1) is 0 Å². The molecule has 1 aromatic rings. The van der Waals surface area contributed by atoms with Crippen LogP contribution in [0.2, 0.25) is 0 Å². The van der Waals surface area contributed by atoms with Gasteiger partial charge in [0, 0.05) is 18.6 Å². The zero-order valence-corrected chi connectivity index (χ0v) is 19.6. The van der Waals surface area contributed by atoms with Crippen molar-refractivity contribution in [3.8, 4) is 0 Å². The second kappa shape index (κ2) is 8.57. The Morgan fingerprint density at radius 1 is 1.00 bits per heavy atom. The summed E-state index contributed by atoms with van der Waals surface area (Å²) in [5, 5.41) is 0. The highest BCUT2D eigenvalue weighted by Crippen LogP contribution is 2.31. The van der Waals surface area contributed by atoms with Gasteiger partial charge >= 0.3 is 5.97 Å². The number of hydrogen-bond donors (Lipinski definition) is 0. The smallest absolute Gasteiger partial charge is 0.338 e. The highest BCUT2D eigenvalue weighted by molar-refractivity contribution is 5.90.